The van der Waals surface area contributed by atoms with Crippen LogP contribution < -0.4 is 0 Å². The summed E-state index contributed by atoms with van der Waals surface area (Å²) < 4.78 is 50.9. The molecule has 186 valence electrons. The molecule has 3 aromatic rings. The number of likely N-dealkylation sites (tertiary alicyclic amines) is 1. The lowest BCUT2D eigenvalue weighted by Crippen LogP contribution is -2.43. The minimum atomic E-state index is -4.48. The minimum Gasteiger partial charge on any atom is -0.390 e. The van der Waals surface area contributed by atoms with Crippen LogP contribution in [0.4, 0.5) is 13.2 Å². The zero-order valence-corrected chi connectivity index (χ0v) is 19.8. The molecule has 3 heterocycles. The molecule has 2 fully saturated rings. The maximum atomic E-state index is 14.4. The third kappa shape index (κ3) is 3.96. The highest BCUT2D eigenvalue weighted by Gasteiger charge is 2.44. The first-order valence-corrected chi connectivity index (χ1v) is 12.4. The van der Waals surface area contributed by atoms with Gasteiger partial charge in [-0.25, -0.2) is 4.98 Å². The first kappa shape index (κ1) is 23.0. The Kier molecular flexibility index (Phi) is 5.29. The number of fused-ring (bicyclic) bond motifs is 3. The van der Waals surface area contributed by atoms with Crippen LogP contribution in [-0.2, 0) is 29.5 Å². The number of aliphatic hydroxyl groups is 1. The highest BCUT2D eigenvalue weighted by Crippen LogP contribution is 2.46. The van der Waals surface area contributed by atoms with Crippen LogP contribution in [0.1, 0.15) is 60.9 Å². The maximum absolute atomic E-state index is 14.4. The quantitative estimate of drug-likeness (QED) is 0.552. The molecule has 8 heteroatoms. The van der Waals surface area contributed by atoms with E-state index in [-0.39, 0.29) is 17.2 Å². The number of imidazole rings is 1. The van der Waals surface area contributed by atoms with Gasteiger partial charge in [0.1, 0.15) is 0 Å². The molecule has 1 aromatic heterocycles. The summed E-state index contributed by atoms with van der Waals surface area (Å²) in [7, 11) is 0. The predicted molar refractivity (Wildman–Crippen MR) is 126 cm³/mol. The van der Waals surface area contributed by atoms with Gasteiger partial charge in [-0.15, -0.1) is 0 Å². The summed E-state index contributed by atoms with van der Waals surface area (Å²) in [5, 5.41) is 10.1. The third-order valence-corrected chi connectivity index (χ3v) is 8.22. The molecule has 2 aromatic carbocycles. The lowest BCUT2D eigenvalue weighted by Gasteiger charge is -2.42. The van der Waals surface area contributed by atoms with E-state index < -0.39 is 17.3 Å². The van der Waals surface area contributed by atoms with E-state index in [0.29, 0.717) is 43.5 Å². The largest absolute Gasteiger partial charge is 0.418 e. The number of rotatable bonds is 4. The van der Waals surface area contributed by atoms with Crippen molar-refractivity contribution in [3.05, 3.63) is 65.0 Å². The average Bonchev–Trinajstić information content (AvgIpc) is 3.38. The molecule has 1 saturated heterocycles. The van der Waals surface area contributed by atoms with E-state index in [9.17, 15) is 18.3 Å². The maximum Gasteiger partial charge on any atom is 0.418 e. The smallest absolute Gasteiger partial charge is 0.390 e. The number of halogens is 3. The van der Waals surface area contributed by atoms with E-state index >= 15 is 0 Å². The molecule has 0 bridgehead atoms. The molecule has 3 aliphatic rings. The Bertz CT molecular complexity index is 1250. The van der Waals surface area contributed by atoms with Gasteiger partial charge in [-0.1, -0.05) is 30.3 Å². The second-order valence-electron chi connectivity index (χ2n) is 10.7. The SMILES string of the molecule is CC1(O)CC(n2cnc3ccc(CCN4CCC5(CC4)OCc4ccccc45)c(C(F)(F)F)c32)C1. The van der Waals surface area contributed by atoms with Crippen LogP contribution in [0.5, 0.6) is 0 Å². The van der Waals surface area contributed by atoms with Crippen molar-refractivity contribution in [3.63, 3.8) is 0 Å². The Morgan fingerprint density at radius 1 is 1.11 bits per heavy atom. The Morgan fingerprint density at radius 2 is 1.86 bits per heavy atom. The third-order valence-electron chi connectivity index (χ3n) is 8.22. The molecule has 1 spiro atoms. The van der Waals surface area contributed by atoms with Gasteiger partial charge < -0.3 is 19.3 Å². The van der Waals surface area contributed by atoms with Crippen molar-refractivity contribution in [2.75, 3.05) is 19.6 Å². The number of hydrogen-bond donors (Lipinski definition) is 1. The summed E-state index contributed by atoms with van der Waals surface area (Å²) in [6.45, 7) is 4.52. The van der Waals surface area contributed by atoms with Crippen molar-refractivity contribution in [3.8, 4) is 0 Å². The van der Waals surface area contributed by atoms with Crippen LogP contribution in [0.25, 0.3) is 11.0 Å². The van der Waals surface area contributed by atoms with Gasteiger partial charge in [0.25, 0.3) is 0 Å². The highest BCUT2D eigenvalue weighted by molar-refractivity contribution is 5.81. The van der Waals surface area contributed by atoms with Crippen molar-refractivity contribution >= 4 is 11.0 Å². The summed E-state index contributed by atoms with van der Waals surface area (Å²) in [6, 6.07) is 11.5. The van der Waals surface area contributed by atoms with E-state index in [1.165, 1.54) is 17.5 Å². The number of alkyl halides is 3. The topological polar surface area (TPSA) is 50.5 Å². The molecule has 0 radical (unpaired) electrons. The normalized spacial score (nSPS) is 26.3. The number of hydrogen-bond acceptors (Lipinski definition) is 4. The van der Waals surface area contributed by atoms with Gasteiger partial charge in [0.2, 0.25) is 0 Å². The van der Waals surface area contributed by atoms with Crippen LogP contribution in [0, 0.1) is 0 Å². The number of benzene rings is 2. The Morgan fingerprint density at radius 3 is 2.57 bits per heavy atom. The van der Waals surface area contributed by atoms with Gasteiger partial charge in [-0.05, 0) is 61.8 Å². The second kappa shape index (κ2) is 8.05. The molecular weight excluding hydrogens is 455 g/mol. The molecule has 1 aliphatic carbocycles. The first-order valence-electron chi connectivity index (χ1n) is 12.4. The molecule has 0 amide bonds. The Balaban J connectivity index is 1.21. The highest BCUT2D eigenvalue weighted by atomic mass is 19.4. The zero-order valence-electron chi connectivity index (χ0n) is 19.8. The fraction of sp³-hybridized carbons (Fsp3) is 0.519. The van der Waals surface area contributed by atoms with Gasteiger partial charge in [0, 0.05) is 25.7 Å². The van der Waals surface area contributed by atoms with Gasteiger partial charge >= 0.3 is 6.18 Å². The van der Waals surface area contributed by atoms with Gasteiger partial charge in [-0.2, -0.15) is 13.2 Å². The number of aromatic nitrogens is 2. The lowest BCUT2D eigenvalue weighted by atomic mass is 9.77. The Hall–Kier alpha value is -2.42. The second-order valence-corrected chi connectivity index (χ2v) is 10.7. The lowest BCUT2D eigenvalue weighted by molar-refractivity contribution is -0.137. The summed E-state index contributed by atoms with van der Waals surface area (Å²) in [6.07, 6.45) is -0.101. The van der Waals surface area contributed by atoms with Crippen molar-refractivity contribution in [2.24, 2.45) is 0 Å². The number of ether oxygens (including phenoxy) is 1. The number of piperidine rings is 1. The van der Waals surface area contributed by atoms with E-state index in [1.54, 1.807) is 23.6 Å². The molecular formula is C27H30F3N3O2. The van der Waals surface area contributed by atoms with Crippen LogP contribution >= 0.6 is 0 Å². The molecule has 1 saturated carbocycles. The van der Waals surface area contributed by atoms with E-state index in [1.807, 2.05) is 12.1 Å². The van der Waals surface area contributed by atoms with Crippen LogP contribution in [0.3, 0.4) is 0 Å². The van der Waals surface area contributed by atoms with Gasteiger partial charge in [-0.3, -0.25) is 0 Å². The minimum absolute atomic E-state index is 0.143. The average molecular weight is 486 g/mol. The summed E-state index contributed by atoms with van der Waals surface area (Å²) in [4.78, 5) is 6.50. The van der Waals surface area contributed by atoms with Gasteiger partial charge in [0.05, 0.1) is 40.7 Å². The van der Waals surface area contributed by atoms with Gasteiger partial charge in [0.15, 0.2) is 0 Å². The van der Waals surface area contributed by atoms with Crippen molar-refractivity contribution in [1.29, 1.82) is 0 Å². The predicted octanol–water partition coefficient (Wildman–Crippen LogP) is 5.21. The van der Waals surface area contributed by atoms with E-state index in [4.69, 9.17) is 4.74 Å². The zero-order chi connectivity index (χ0) is 24.4. The molecule has 6 rings (SSSR count). The van der Waals surface area contributed by atoms with Crippen molar-refractivity contribution in [1.82, 2.24) is 14.5 Å². The monoisotopic (exact) mass is 485 g/mol. The number of nitrogens with zero attached hydrogens (tertiary/aromatic N) is 3. The van der Waals surface area contributed by atoms with Crippen LogP contribution in [0.15, 0.2) is 42.7 Å². The van der Waals surface area contributed by atoms with Crippen LogP contribution in [0.2, 0.25) is 0 Å². The van der Waals surface area contributed by atoms with Crippen LogP contribution in [-0.4, -0.2) is 44.8 Å². The molecule has 5 nitrogen and oxygen atoms in total. The molecule has 0 unspecified atom stereocenters. The molecule has 1 N–H and O–H groups in total. The standard InChI is InChI=1S/C27H30F3N3O2/c1-25(34)14-20(15-25)33-17-31-22-7-6-18(23(24(22)33)27(28,29)30)8-11-32-12-9-26(10-13-32)21-5-3-2-4-19(21)16-35-26/h2-7,17,20,34H,8-16H2,1H3. The summed E-state index contributed by atoms with van der Waals surface area (Å²) >= 11 is 0. The molecule has 2 aliphatic heterocycles. The molecule has 0 atom stereocenters. The first-order chi connectivity index (χ1) is 16.7. The molecule has 35 heavy (non-hydrogen) atoms. The fourth-order valence-corrected chi connectivity index (χ4v) is 6.34. The van der Waals surface area contributed by atoms with Crippen molar-refractivity contribution < 1.29 is 23.0 Å². The fourth-order valence-electron chi connectivity index (χ4n) is 6.34. The van der Waals surface area contributed by atoms with E-state index in [0.717, 1.165) is 25.9 Å². The van der Waals surface area contributed by atoms with Crippen molar-refractivity contribution in [2.45, 2.75) is 69.1 Å². The van der Waals surface area contributed by atoms with E-state index in [2.05, 4.69) is 22.0 Å². The summed E-state index contributed by atoms with van der Waals surface area (Å²) in [5.74, 6) is 0. The summed E-state index contributed by atoms with van der Waals surface area (Å²) in [5.41, 5.74) is 1.66. The Labute approximate surface area is 202 Å².